The van der Waals surface area contributed by atoms with E-state index >= 15 is 0 Å². The Balaban J connectivity index is 1.54. The molecule has 4 rings (SSSR count). The summed E-state index contributed by atoms with van der Waals surface area (Å²) in [5.74, 6) is 0.801. The molecular weight excluding hydrogens is 364 g/mol. The van der Waals surface area contributed by atoms with E-state index in [0.717, 1.165) is 5.56 Å². The first-order valence-electron chi connectivity index (χ1n) is 8.64. The minimum absolute atomic E-state index is 0.0441. The Labute approximate surface area is 160 Å². The van der Waals surface area contributed by atoms with Gasteiger partial charge >= 0.3 is 12.0 Å². The highest BCUT2D eigenvalue weighted by atomic mass is 16.7. The molecule has 8 nitrogen and oxygen atoms in total. The Hall–Kier alpha value is -3.68. The summed E-state index contributed by atoms with van der Waals surface area (Å²) < 4.78 is 16.1. The zero-order valence-corrected chi connectivity index (χ0v) is 15.0. The number of allylic oxidation sites excluding steroid dienone is 1. The number of phenols is 1. The number of nitrogens with one attached hydrogen (secondary N) is 2. The Morgan fingerprint density at radius 2 is 1.93 bits per heavy atom. The summed E-state index contributed by atoms with van der Waals surface area (Å²) in [5, 5.41) is 14.8. The predicted molar refractivity (Wildman–Crippen MR) is 97.6 cm³/mol. The number of carbonyl (C=O) groups is 2. The van der Waals surface area contributed by atoms with Gasteiger partial charge in [0.1, 0.15) is 12.4 Å². The van der Waals surface area contributed by atoms with Crippen LogP contribution in [0.5, 0.6) is 17.2 Å². The number of fused-ring (bicyclic) bond motifs is 1. The van der Waals surface area contributed by atoms with Crippen LogP contribution in [-0.4, -0.2) is 23.9 Å². The van der Waals surface area contributed by atoms with E-state index in [-0.39, 0.29) is 19.1 Å². The SMILES string of the molecule is CC1=C(C(=O)OCc2ccc3c(c2)OCO3)[C@H](c2ccc(O)cc2)NC(=O)N1. The summed E-state index contributed by atoms with van der Waals surface area (Å²) in [4.78, 5) is 24.7. The molecule has 2 aromatic rings. The molecule has 0 aliphatic carbocycles. The van der Waals surface area contributed by atoms with E-state index in [4.69, 9.17) is 14.2 Å². The molecule has 144 valence electrons. The lowest BCUT2D eigenvalue weighted by molar-refractivity contribution is -0.140. The van der Waals surface area contributed by atoms with E-state index in [1.807, 2.05) is 0 Å². The van der Waals surface area contributed by atoms with Crippen molar-refractivity contribution >= 4 is 12.0 Å². The first-order chi connectivity index (χ1) is 13.5. The van der Waals surface area contributed by atoms with Gasteiger partial charge in [-0.2, -0.15) is 0 Å². The van der Waals surface area contributed by atoms with Crippen molar-refractivity contribution < 1.29 is 28.9 Å². The molecule has 0 unspecified atom stereocenters. The maximum atomic E-state index is 12.8. The molecule has 0 spiro atoms. The van der Waals surface area contributed by atoms with E-state index in [1.54, 1.807) is 37.3 Å². The summed E-state index contributed by atoms with van der Waals surface area (Å²) in [7, 11) is 0. The number of carbonyl (C=O) groups excluding carboxylic acids is 2. The third kappa shape index (κ3) is 3.44. The molecule has 28 heavy (non-hydrogen) atoms. The lowest BCUT2D eigenvalue weighted by atomic mass is 9.95. The quantitative estimate of drug-likeness (QED) is 0.702. The van der Waals surface area contributed by atoms with Crippen molar-refractivity contribution in [2.24, 2.45) is 0 Å². The van der Waals surface area contributed by atoms with Crippen molar-refractivity contribution in [1.82, 2.24) is 10.6 Å². The number of benzene rings is 2. The molecule has 0 saturated heterocycles. The first-order valence-corrected chi connectivity index (χ1v) is 8.64. The van der Waals surface area contributed by atoms with Gasteiger partial charge in [0.15, 0.2) is 11.5 Å². The number of hydrogen-bond acceptors (Lipinski definition) is 6. The monoisotopic (exact) mass is 382 g/mol. The van der Waals surface area contributed by atoms with Crippen molar-refractivity contribution in [2.45, 2.75) is 19.6 Å². The first kappa shape index (κ1) is 17.7. The Kier molecular flexibility index (Phi) is 4.52. The van der Waals surface area contributed by atoms with Crippen molar-refractivity contribution in [3.63, 3.8) is 0 Å². The van der Waals surface area contributed by atoms with Crippen LogP contribution in [-0.2, 0) is 16.1 Å². The van der Waals surface area contributed by atoms with Crippen LogP contribution < -0.4 is 20.1 Å². The molecule has 0 saturated carbocycles. The fraction of sp³-hybridized carbons (Fsp3) is 0.200. The van der Waals surface area contributed by atoms with Crippen LogP contribution in [0.15, 0.2) is 53.7 Å². The van der Waals surface area contributed by atoms with Gasteiger partial charge in [0.25, 0.3) is 0 Å². The van der Waals surface area contributed by atoms with Crippen LogP contribution in [0.1, 0.15) is 24.1 Å². The van der Waals surface area contributed by atoms with E-state index in [9.17, 15) is 14.7 Å². The zero-order chi connectivity index (χ0) is 19.7. The minimum atomic E-state index is -0.682. The van der Waals surface area contributed by atoms with E-state index < -0.39 is 18.0 Å². The van der Waals surface area contributed by atoms with Crippen LogP contribution in [0.4, 0.5) is 4.79 Å². The lowest BCUT2D eigenvalue weighted by Gasteiger charge is -2.28. The summed E-state index contributed by atoms with van der Waals surface area (Å²) in [6, 6.07) is 10.5. The Morgan fingerprint density at radius 3 is 2.71 bits per heavy atom. The lowest BCUT2D eigenvalue weighted by Crippen LogP contribution is -2.45. The molecule has 2 aliphatic rings. The van der Waals surface area contributed by atoms with Gasteiger partial charge in [0, 0.05) is 5.70 Å². The highest BCUT2D eigenvalue weighted by molar-refractivity contribution is 5.95. The number of esters is 1. The molecule has 1 atom stereocenters. The topological polar surface area (TPSA) is 106 Å². The number of amides is 2. The van der Waals surface area contributed by atoms with Gasteiger partial charge in [-0.3, -0.25) is 0 Å². The average Bonchev–Trinajstić information content (AvgIpc) is 3.14. The van der Waals surface area contributed by atoms with Crippen molar-refractivity contribution in [1.29, 1.82) is 0 Å². The molecule has 8 heteroatoms. The highest BCUT2D eigenvalue weighted by Gasteiger charge is 2.32. The highest BCUT2D eigenvalue weighted by Crippen LogP contribution is 2.33. The normalized spacial score (nSPS) is 17.8. The van der Waals surface area contributed by atoms with Crippen LogP contribution in [0.2, 0.25) is 0 Å². The van der Waals surface area contributed by atoms with E-state index in [1.165, 1.54) is 12.1 Å². The Morgan fingerprint density at radius 1 is 1.18 bits per heavy atom. The number of rotatable bonds is 4. The maximum absolute atomic E-state index is 12.8. The molecule has 0 bridgehead atoms. The Bertz CT molecular complexity index is 967. The van der Waals surface area contributed by atoms with Crippen LogP contribution in [0, 0.1) is 0 Å². The number of hydrogen-bond donors (Lipinski definition) is 3. The second kappa shape index (κ2) is 7.15. The summed E-state index contributed by atoms with van der Waals surface area (Å²) in [6.45, 7) is 1.86. The molecule has 0 aromatic heterocycles. The summed E-state index contributed by atoms with van der Waals surface area (Å²) >= 11 is 0. The van der Waals surface area contributed by atoms with Gasteiger partial charge < -0.3 is 30.0 Å². The van der Waals surface area contributed by atoms with E-state index in [0.29, 0.717) is 28.3 Å². The average molecular weight is 382 g/mol. The molecule has 0 fully saturated rings. The second-order valence-corrected chi connectivity index (χ2v) is 6.43. The number of phenolic OH excluding ortho intramolecular Hbond substituents is 1. The van der Waals surface area contributed by atoms with Crippen molar-refractivity contribution in [2.75, 3.05) is 6.79 Å². The zero-order valence-electron chi connectivity index (χ0n) is 15.0. The molecule has 2 aromatic carbocycles. The van der Waals surface area contributed by atoms with Crippen LogP contribution in [0.3, 0.4) is 0 Å². The third-order valence-corrected chi connectivity index (χ3v) is 4.52. The van der Waals surface area contributed by atoms with Crippen LogP contribution >= 0.6 is 0 Å². The van der Waals surface area contributed by atoms with Gasteiger partial charge in [-0.25, -0.2) is 9.59 Å². The third-order valence-electron chi connectivity index (χ3n) is 4.52. The van der Waals surface area contributed by atoms with Gasteiger partial charge in [-0.15, -0.1) is 0 Å². The molecule has 2 amide bonds. The minimum Gasteiger partial charge on any atom is -0.508 e. The molecule has 3 N–H and O–H groups in total. The molecular formula is C20H18N2O6. The van der Waals surface area contributed by atoms with Gasteiger partial charge in [0.05, 0.1) is 11.6 Å². The standard InChI is InChI=1S/C20H18N2O6/c1-11-17(18(22-20(25)21-11)13-3-5-14(23)6-4-13)19(24)26-9-12-2-7-15-16(8-12)28-10-27-15/h2-8,18,23H,9-10H2,1H3,(H2,21,22,25)/t18-/m0/s1. The fourth-order valence-corrected chi connectivity index (χ4v) is 3.14. The second-order valence-electron chi connectivity index (χ2n) is 6.43. The number of urea groups is 1. The molecule has 2 heterocycles. The van der Waals surface area contributed by atoms with Gasteiger partial charge in [-0.05, 0) is 42.3 Å². The predicted octanol–water partition coefficient (Wildman–Crippen LogP) is 2.49. The van der Waals surface area contributed by atoms with Crippen LogP contribution in [0.25, 0.3) is 0 Å². The fourth-order valence-electron chi connectivity index (χ4n) is 3.14. The number of aromatic hydroxyl groups is 1. The van der Waals surface area contributed by atoms with Gasteiger partial charge in [0.2, 0.25) is 6.79 Å². The molecule has 0 radical (unpaired) electrons. The smallest absolute Gasteiger partial charge is 0.338 e. The van der Waals surface area contributed by atoms with Gasteiger partial charge in [-0.1, -0.05) is 18.2 Å². The largest absolute Gasteiger partial charge is 0.508 e. The summed E-state index contributed by atoms with van der Waals surface area (Å²) in [6.07, 6.45) is 0. The number of ether oxygens (including phenoxy) is 3. The van der Waals surface area contributed by atoms with Crippen molar-refractivity contribution in [3.05, 3.63) is 64.9 Å². The van der Waals surface area contributed by atoms with Crippen molar-refractivity contribution in [3.8, 4) is 17.2 Å². The molecule has 2 aliphatic heterocycles. The van der Waals surface area contributed by atoms with E-state index in [2.05, 4.69) is 10.6 Å². The maximum Gasteiger partial charge on any atom is 0.338 e. The summed E-state index contributed by atoms with van der Waals surface area (Å²) in [5.41, 5.74) is 2.12.